The minimum absolute atomic E-state index is 0.352. The molecule has 1 amide bonds. The second-order valence-corrected chi connectivity index (χ2v) is 1.72. The number of nitrogens with zero attached hydrogens (tertiary/aromatic N) is 2. The highest BCUT2D eigenvalue weighted by molar-refractivity contribution is 5.94. The highest BCUT2D eigenvalue weighted by atomic mass is 16.9. The van der Waals surface area contributed by atoms with E-state index in [-0.39, 0.29) is 5.69 Å². The van der Waals surface area contributed by atoms with Crippen molar-refractivity contribution < 1.29 is 9.72 Å². The number of amides is 1. The lowest BCUT2D eigenvalue weighted by Crippen LogP contribution is -2.13. The molecular formula is C4H4N4O3. The molecule has 1 rings (SSSR count). The van der Waals surface area contributed by atoms with E-state index in [0.29, 0.717) is 0 Å². The molecular weight excluding hydrogens is 153 g/mol. The molecule has 0 radical (unpaired) electrons. The summed E-state index contributed by atoms with van der Waals surface area (Å²) in [7, 11) is 0. The van der Waals surface area contributed by atoms with Crippen molar-refractivity contribution in [3.05, 3.63) is 22.1 Å². The van der Waals surface area contributed by atoms with Crippen LogP contribution in [0.25, 0.3) is 0 Å². The van der Waals surface area contributed by atoms with Crippen molar-refractivity contribution in [2.45, 2.75) is 0 Å². The van der Waals surface area contributed by atoms with Gasteiger partial charge < -0.3 is 15.8 Å². The smallest absolute Gasteiger partial charge is 0.353 e. The Morgan fingerprint density at radius 2 is 2.45 bits per heavy atom. The van der Waals surface area contributed by atoms with Gasteiger partial charge in [0.05, 0.1) is 0 Å². The molecule has 0 saturated heterocycles. The van der Waals surface area contributed by atoms with Gasteiger partial charge in [-0.25, -0.2) is 9.97 Å². The van der Waals surface area contributed by atoms with Gasteiger partial charge in [-0.15, -0.1) is 0 Å². The van der Waals surface area contributed by atoms with Gasteiger partial charge in [-0.05, 0) is 4.92 Å². The molecule has 58 valence electrons. The highest BCUT2D eigenvalue weighted by Gasteiger charge is 2.19. The summed E-state index contributed by atoms with van der Waals surface area (Å²) in [6, 6.07) is 0. The van der Waals surface area contributed by atoms with Crippen molar-refractivity contribution in [2.75, 3.05) is 0 Å². The minimum Gasteiger partial charge on any atom is -0.364 e. The summed E-state index contributed by atoms with van der Waals surface area (Å²) < 4.78 is 0. The molecule has 1 heterocycles. The number of hydrogen-bond donors (Lipinski definition) is 2. The number of carbonyl (C=O) groups excluding carboxylic acids is 1. The Bertz CT molecular complexity index is 276. The van der Waals surface area contributed by atoms with Gasteiger partial charge in [-0.3, -0.25) is 4.79 Å². The molecule has 7 heteroatoms. The number of nitrogens with two attached hydrogens (primary N) is 1. The van der Waals surface area contributed by atoms with Crippen LogP contribution in [-0.2, 0) is 0 Å². The average Bonchev–Trinajstić information content (AvgIpc) is 2.32. The molecule has 0 saturated carbocycles. The summed E-state index contributed by atoms with van der Waals surface area (Å²) in [5.41, 5.74) is 4.42. The first-order chi connectivity index (χ1) is 5.13. The summed E-state index contributed by atoms with van der Waals surface area (Å²) in [5.74, 6) is -1.39. The number of primary amides is 1. The van der Waals surface area contributed by atoms with E-state index in [4.69, 9.17) is 5.73 Å². The van der Waals surface area contributed by atoms with E-state index in [1.54, 1.807) is 0 Å². The Morgan fingerprint density at radius 3 is 2.82 bits per heavy atom. The first kappa shape index (κ1) is 7.19. The second-order valence-electron chi connectivity index (χ2n) is 1.72. The molecule has 0 unspecified atom stereocenters. The van der Waals surface area contributed by atoms with Gasteiger partial charge >= 0.3 is 5.82 Å². The maximum atomic E-state index is 10.4. The summed E-state index contributed by atoms with van der Waals surface area (Å²) in [4.78, 5) is 25.3. The van der Waals surface area contributed by atoms with Crippen LogP contribution >= 0.6 is 0 Å². The van der Waals surface area contributed by atoms with Crippen molar-refractivity contribution in [2.24, 2.45) is 5.73 Å². The summed E-state index contributed by atoms with van der Waals surface area (Å²) >= 11 is 0. The van der Waals surface area contributed by atoms with Crippen LogP contribution in [0.5, 0.6) is 0 Å². The molecule has 0 atom stereocenters. The molecule has 0 aliphatic heterocycles. The zero-order valence-electron chi connectivity index (χ0n) is 5.27. The van der Waals surface area contributed by atoms with E-state index >= 15 is 0 Å². The van der Waals surface area contributed by atoms with E-state index in [2.05, 4.69) is 9.97 Å². The molecule has 3 N–H and O–H groups in total. The van der Waals surface area contributed by atoms with Gasteiger partial charge in [0, 0.05) is 0 Å². The molecule has 0 spiro atoms. The van der Waals surface area contributed by atoms with Crippen LogP contribution in [-0.4, -0.2) is 20.8 Å². The molecule has 1 aromatic heterocycles. The number of nitro groups is 1. The van der Waals surface area contributed by atoms with Crippen molar-refractivity contribution in [3.63, 3.8) is 0 Å². The van der Waals surface area contributed by atoms with Crippen molar-refractivity contribution in [1.82, 2.24) is 9.97 Å². The molecule has 0 bridgehead atoms. The van der Waals surface area contributed by atoms with E-state index in [9.17, 15) is 14.9 Å². The number of aromatic nitrogens is 2. The van der Waals surface area contributed by atoms with E-state index in [0.717, 1.165) is 6.33 Å². The number of carbonyl (C=O) groups is 1. The Morgan fingerprint density at radius 1 is 1.82 bits per heavy atom. The highest BCUT2D eigenvalue weighted by Crippen LogP contribution is 2.10. The molecule has 11 heavy (non-hydrogen) atoms. The number of H-pyrrole nitrogens is 1. The Labute approximate surface area is 60.4 Å². The Balaban J connectivity index is 3.16. The number of imidazole rings is 1. The maximum Gasteiger partial charge on any atom is 0.353 e. The standard InChI is InChI=1S/C4H4N4O3/c5-3(9)2-4(8(10)11)7-1-6-2/h1H,(H2,5,9)(H,6,7)/i8+1. The normalized spacial score (nSPS) is 9.45. The lowest BCUT2D eigenvalue weighted by molar-refractivity contribution is -0.389. The predicted octanol–water partition coefficient (Wildman–Crippen LogP) is -0.583. The van der Waals surface area contributed by atoms with Crippen molar-refractivity contribution in [1.29, 1.82) is 0 Å². The lowest BCUT2D eigenvalue weighted by atomic mass is 10.4. The quantitative estimate of drug-likeness (QED) is 0.339. The van der Waals surface area contributed by atoms with Gasteiger partial charge in [0.15, 0.2) is 6.33 Å². The zero-order chi connectivity index (χ0) is 8.43. The summed E-state index contributed by atoms with van der Waals surface area (Å²) in [6.45, 7) is 0. The molecule has 1 aromatic rings. The van der Waals surface area contributed by atoms with Gasteiger partial charge in [-0.2, -0.15) is 0 Å². The summed E-state index contributed by atoms with van der Waals surface area (Å²) in [6.07, 6.45) is 1.04. The molecule has 0 fully saturated rings. The maximum absolute atomic E-state index is 10.4. The average molecular weight is 157 g/mol. The van der Waals surface area contributed by atoms with Crippen molar-refractivity contribution in [3.8, 4) is 0 Å². The third kappa shape index (κ3) is 1.16. The minimum atomic E-state index is -0.919. The Kier molecular flexibility index (Phi) is 1.55. The largest absolute Gasteiger partial charge is 0.364 e. The van der Waals surface area contributed by atoms with Crippen LogP contribution in [0, 0.1) is 10.1 Å². The molecule has 0 aliphatic rings. The van der Waals surface area contributed by atoms with E-state index in [1.165, 1.54) is 0 Å². The van der Waals surface area contributed by atoms with Crippen LogP contribution in [0.15, 0.2) is 6.33 Å². The Hall–Kier alpha value is -1.92. The van der Waals surface area contributed by atoms with Gasteiger partial charge in [0.2, 0.25) is 5.69 Å². The van der Waals surface area contributed by atoms with Crippen molar-refractivity contribution >= 4 is 11.7 Å². The lowest BCUT2D eigenvalue weighted by Gasteiger charge is -1.90. The third-order valence-electron chi connectivity index (χ3n) is 1.04. The third-order valence-corrected chi connectivity index (χ3v) is 1.04. The number of aromatic amines is 1. The number of nitrogens with one attached hydrogen (secondary N) is 1. The summed E-state index contributed by atoms with van der Waals surface area (Å²) in [5, 5.41) is 10.1. The topological polar surface area (TPSA) is 115 Å². The SMILES string of the molecule is NC(=O)c1nc[nH]c1[15N+](=O)[O-]. The fourth-order valence-electron chi connectivity index (χ4n) is 0.607. The van der Waals surface area contributed by atoms with Gasteiger partial charge in [-0.1, -0.05) is 0 Å². The predicted molar refractivity (Wildman–Crippen MR) is 33.8 cm³/mol. The fraction of sp³-hybridized carbons (Fsp3) is 0. The number of rotatable bonds is 2. The molecule has 0 aliphatic carbocycles. The first-order valence-electron chi connectivity index (χ1n) is 2.60. The van der Waals surface area contributed by atoms with Crippen LogP contribution in [0.3, 0.4) is 0 Å². The molecule has 7 nitrogen and oxygen atoms in total. The van der Waals surface area contributed by atoms with Crippen LogP contribution in [0.4, 0.5) is 5.82 Å². The van der Waals surface area contributed by atoms with E-state index in [1.807, 2.05) is 0 Å². The molecule has 0 aromatic carbocycles. The van der Waals surface area contributed by atoms with Gasteiger partial charge in [0.25, 0.3) is 5.91 Å². The first-order valence-corrected chi connectivity index (χ1v) is 2.60. The zero-order valence-corrected chi connectivity index (χ0v) is 5.27. The van der Waals surface area contributed by atoms with Crippen LogP contribution < -0.4 is 5.73 Å². The number of hydrogen-bond acceptors (Lipinski definition) is 4. The van der Waals surface area contributed by atoms with Crippen LogP contribution in [0.1, 0.15) is 10.5 Å². The van der Waals surface area contributed by atoms with Crippen LogP contribution in [0.2, 0.25) is 0 Å². The van der Waals surface area contributed by atoms with Gasteiger partial charge in [0.1, 0.15) is 0 Å². The van der Waals surface area contributed by atoms with E-state index < -0.39 is 16.6 Å². The second kappa shape index (κ2) is 2.37. The monoisotopic (exact) mass is 157 g/mol. The fourth-order valence-corrected chi connectivity index (χ4v) is 0.607.